The standard InChI is InChI=1S/C20H19ClN4O5S/c1-9-8-31-18(22-9)15-13-14(23(2)20(28)24(3)19(13)27)16-17(11-4-5-12(21)30-11)29-10(7-26)6-25(15)16/h4-5,8,10,17,26H,6-7H2,1-3H3/t10-,17+/m0/s1. The van der Waals surface area contributed by atoms with Crippen LogP contribution in [0.5, 0.6) is 0 Å². The average molecular weight is 463 g/mol. The Morgan fingerprint density at radius 1 is 1.29 bits per heavy atom. The molecule has 2 atom stereocenters. The van der Waals surface area contributed by atoms with Crippen LogP contribution in [0, 0.1) is 6.92 Å². The average Bonchev–Trinajstić information content (AvgIpc) is 3.46. The first kappa shape index (κ1) is 20.3. The molecule has 11 heteroatoms. The van der Waals surface area contributed by atoms with Crippen molar-refractivity contribution in [2.45, 2.75) is 25.7 Å². The zero-order chi connectivity index (χ0) is 22.0. The molecule has 0 spiro atoms. The van der Waals surface area contributed by atoms with Crippen molar-refractivity contribution in [1.82, 2.24) is 18.7 Å². The van der Waals surface area contributed by atoms with Crippen molar-refractivity contribution in [2.24, 2.45) is 14.1 Å². The summed E-state index contributed by atoms with van der Waals surface area (Å²) < 4.78 is 16.2. The Morgan fingerprint density at radius 3 is 2.68 bits per heavy atom. The number of hydrogen-bond acceptors (Lipinski definition) is 7. The minimum Gasteiger partial charge on any atom is -0.446 e. The number of ether oxygens (including phenoxy) is 1. The van der Waals surface area contributed by atoms with Crippen molar-refractivity contribution in [3.63, 3.8) is 0 Å². The number of aliphatic hydroxyl groups excluding tert-OH is 1. The normalized spacial score (nSPS) is 18.6. The minimum atomic E-state index is -0.770. The van der Waals surface area contributed by atoms with E-state index in [1.165, 1.54) is 23.0 Å². The van der Waals surface area contributed by atoms with E-state index < -0.39 is 23.5 Å². The number of rotatable bonds is 3. The van der Waals surface area contributed by atoms with Crippen molar-refractivity contribution in [3.05, 3.63) is 60.7 Å². The number of furan rings is 1. The van der Waals surface area contributed by atoms with Crippen LogP contribution in [-0.2, 0) is 25.4 Å². The molecule has 162 valence electrons. The van der Waals surface area contributed by atoms with E-state index >= 15 is 0 Å². The molecule has 5 heterocycles. The Bertz CT molecular complexity index is 1440. The fourth-order valence-electron chi connectivity index (χ4n) is 4.16. The maximum absolute atomic E-state index is 13.3. The monoisotopic (exact) mass is 462 g/mol. The van der Waals surface area contributed by atoms with Gasteiger partial charge in [-0.05, 0) is 30.7 Å². The van der Waals surface area contributed by atoms with E-state index in [4.69, 9.17) is 20.8 Å². The van der Waals surface area contributed by atoms with Crippen molar-refractivity contribution in [2.75, 3.05) is 6.61 Å². The van der Waals surface area contributed by atoms with Crippen molar-refractivity contribution < 1.29 is 14.3 Å². The molecule has 0 saturated carbocycles. The summed E-state index contributed by atoms with van der Waals surface area (Å²) in [5.41, 5.74) is 1.60. The third-order valence-electron chi connectivity index (χ3n) is 5.55. The minimum absolute atomic E-state index is 0.188. The SMILES string of the molecule is Cc1csc(-c2c3c(=O)n(C)c(=O)n(C)c3c3n2C[C@@H](CO)O[C@@H]3c2ccc(Cl)o2)n1. The summed E-state index contributed by atoms with van der Waals surface area (Å²) in [4.78, 5) is 30.7. The molecular weight excluding hydrogens is 444 g/mol. The molecule has 0 saturated heterocycles. The number of aromatic nitrogens is 4. The van der Waals surface area contributed by atoms with Crippen LogP contribution in [0.2, 0.25) is 5.22 Å². The van der Waals surface area contributed by atoms with Gasteiger partial charge in [0.05, 0.1) is 41.5 Å². The third kappa shape index (κ3) is 2.93. The largest absolute Gasteiger partial charge is 0.446 e. The molecular formula is C20H19ClN4O5S. The van der Waals surface area contributed by atoms with Crippen LogP contribution in [-0.4, -0.2) is 36.5 Å². The quantitative estimate of drug-likeness (QED) is 0.500. The second-order valence-corrected chi connectivity index (χ2v) is 8.76. The molecule has 5 rings (SSSR count). The third-order valence-corrected chi connectivity index (χ3v) is 6.72. The van der Waals surface area contributed by atoms with Crippen molar-refractivity contribution >= 4 is 33.8 Å². The number of aryl methyl sites for hydroxylation is 2. The fraction of sp³-hybridized carbons (Fsp3) is 0.350. The predicted octanol–water partition coefficient (Wildman–Crippen LogP) is 2.20. The van der Waals surface area contributed by atoms with E-state index in [0.29, 0.717) is 33.1 Å². The van der Waals surface area contributed by atoms with Gasteiger partial charge in [-0.15, -0.1) is 11.3 Å². The number of aliphatic hydroxyl groups is 1. The molecule has 0 amide bonds. The molecule has 1 aliphatic rings. The molecule has 0 radical (unpaired) electrons. The number of nitrogens with zero attached hydrogens (tertiary/aromatic N) is 4. The zero-order valence-corrected chi connectivity index (χ0v) is 18.5. The Labute approximate surface area is 184 Å². The highest BCUT2D eigenvalue weighted by molar-refractivity contribution is 7.13. The van der Waals surface area contributed by atoms with E-state index in [1.54, 1.807) is 19.2 Å². The smallest absolute Gasteiger partial charge is 0.331 e. The van der Waals surface area contributed by atoms with Gasteiger partial charge in [-0.3, -0.25) is 13.9 Å². The molecule has 4 aromatic heterocycles. The fourth-order valence-corrected chi connectivity index (χ4v) is 5.16. The molecule has 0 unspecified atom stereocenters. The second kappa shape index (κ2) is 7.20. The molecule has 0 aromatic carbocycles. The highest BCUT2D eigenvalue weighted by Crippen LogP contribution is 2.43. The van der Waals surface area contributed by atoms with Gasteiger partial charge in [-0.2, -0.15) is 0 Å². The van der Waals surface area contributed by atoms with E-state index in [0.717, 1.165) is 10.3 Å². The Kier molecular flexibility index (Phi) is 4.70. The van der Waals surface area contributed by atoms with Gasteiger partial charge < -0.3 is 18.8 Å². The Balaban J connectivity index is 1.96. The Morgan fingerprint density at radius 2 is 2.06 bits per heavy atom. The highest BCUT2D eigenvalue weighted by atomic mass is 35.5. The van der Waals surface area contributed by atoms with E-state index in [2.05, 4.69) is 4.98 Å². The lowest BCUT2D eigenvalue weighted by Gasteiger charge is -2.31. The van der Waals surface area contributed by atoms with Crippen LogP contribution in [0.15, 0.2) is 31.5 Å². The molecule has 4 aromatic rings. The molecule has 1 aliphatic heterocycles. The van der Waals surface area contributed by atoms with Gasteiger partial charge in [0.15, 0.2) is 11.3 Å². The first-order valence-electron chi connectivity index (χ1n) is 9.58. The van der Waals surface area contributed by atoms with Gasteiger partial charge in [-0.25, -0.2) is 9.78 Å². The topological polar surface area (TPSA) is 104 Å². The van der Waals surface area contributed by atoms with Gasteiger partial charge >= 0.3 is 5.69 Å². The van der Waals surface area contributed by atoms with Gasteiger partial charge in [0, 0.05) is 25.2 Å². The molecule has 0 fully saturated rings. The summed E-state index contributed by atoms with van der Waals surface area (Å²) in [5.74, 6) is 0.416. The number of thiazole rings is 1. The Hall–Kier alpha value is -2.66. The lowest BCUT2D eigenvalue weighted by atomic mass is 10.1. The summed E-state index contributed by atoms with van der Waals surface area (Å²) in [6, 6.07) is 3.28. The number of halogens is 1. The van der Waals surface area contributed by atoms with E-state index in [-0.39, 0.29) is 18.4 Å². The highest BCUT2D eigenvalue weighted by Gasteiger charge is 2.38. The second-order valence-electron chi connectivity index (χ2n) is 7.53. The maximum atomic E-state index is 13.3. The van der Waals surface area contributed by atoms with Gasteiger partial charge in [0.2, 0.25) is 0 Å². The van der Waals surface area contributed by atoms with E-state index in [1.807, 2.05) is 16.9 Å². The van der Waals surface area contributed by atoms with Crippen LogP contribution in [0.4, 0.5) is 0 Å². The van der Waals surface area contributed by atoms with Crippen molar-refractivity contribution in [1.29, 1.82) is 0 Å². The summed E-state index contributed by atoms with van der Waals surface area (Å²) in [6.07, 6.45) is -1.32. The van der Waals surface area contributed by atoms with Crippen LogP contribution < -0.4 is 11.2 Å². The van der Waals surface area contributed by atoms with Crippen LogP contribution >= 0.6 is 22.9 Å². The molecule has 1 N–H and O–H groups in total. The van der Waals surface area contributed by atoms with Gasteiger partial charge in [0.1, 0.15) is 10.8 Å². The number of fused-ring (bicyclic) bond motifs is 3. The number of hydrogen-bond donors (Lipinski definition) is 1. The molecule has 9 nitrogen and oxygen atoms in total. The van der Waals surface area contributed by atoms with Crippen molar-refractivity contribution in [3.8, 4) is 10.7 Å². The molecule has 0 bridgehead atoms. The van der Waals surface area contributed by atoms with Gasteiger partial charge in [0.25, 0.3) is 5.56 Å². The molecule has 31 heavy (non-hydrogen) atoms. The maximum Gasteiger partial charge on any atom is 0.331 e. The van der Waals surface area contributed by atoms with Crippen LogP contribution in [0.25, 0.3) is 21.6 Å². The lowest BCUT2D eigenvalue weighted by Crippen LogP contribution is -2.37. The summed E-state index contributed by atoms with van der Waals surface area (Å²) in [7, 11) is 3.07. The first-order valence-corrected chi connectivity index (χ1v) is 10.8. The van der Waals surface area contributed by atoms with Crippen LogP contribution in [0.3, 0.4) is 0 Å². The lowest BCUT2D eigenvalue weighted by molar-refractivity contribution is -0.0589. The van der Waals surface area contributed by atoms with Crippen LogP contribution in [0.1, 0.15) is 23.3 Å². The molecule has 0 aliphatic carbocycles. The predicted molar refractivity (Wildman–Crippen MR) is 116 cm³/mol. The summed E-state index contributed by atoms with van der Waals surface area (Å²) in [6.45, 7) is 1.94. The summed E-state index contributed by atoms with van der Waals surface area (Å²) >= 11 is 7.42. The zero-order valence-electron chi connectivity index (χ0n) is 17.0. The van der Waals surface area contributed by atoms with E-state index in [9.17, 15) is 14.7 Å². The first-order chi connectivity index (χ1) is 14.8. The summed E-state index contributed by atoms with van der Waals surface area (Å²) in [5, 5.41) is 13.0. The van der Waals surface area contributed by atoms with Gasteiger partial charge in [-0.1, -0.05) is 0 Å².